The number of hydrogen-bond acceptors (Lipinski definition) is 5. The number of nitriles is 1. The summed E-state index contributed by atoms with van der Waals surface area (Å²) in [5.74, 6) is 0.864. The summed E-state index contributed by atoms with van der Waals surface area (Å²) in [6, 6.07) is 2.34. The van der Waals surface area contributed by atoms with E-state index in [9.17, 15) is 0 Å². The summed E-state index contributed by atoms with van der Waals surface area (Å²) in [6.45, 7) is 8.30. The van der Waals surface area contributed by atoms with Crippen LogP contribution in [-0.2, 0) is 5.41 Å². The van der Waals surface area contributed by atoms with Crippen molar-refractivity contribution in [3.63, 3.8) is 0 Å². The van der Waals surface area contributed by atoms with E-state index in [1.807, 2.05) is 18.9 Å². The molecule has 0 N–H and O–H groups in total. The lowest BCUT2D eigenvalue weighted by molar-refractivity contribution is 0.553. The van der Waals surface area contributed by atoms with Gasteiger partial charge in [0.05, 0.1) is 12.5 Å². The van der Waals surface area contributed by atoms with Crippen LogP contribution < -0.4 is 4.90 Å². The normalized spacial score (nSPS) is 13.2. The smallest absolute Gasteiger partial charge is 0.205 e. The monoisotopic (exact) mass is 238 g/mol. The number of anilines is 1. The van der Waals surface area contributed by atoms with Crippen molar-refractivity contribution in [2.24, 2.45) is 0 Å². The van der Waals surface area contributed by atoms with E-state index in [4.69, 9.17) is 5.26 Å². The van der Waals surface area contributed by atoms with Crippen molar-refractivity contribution >= 4 is 16.7 Å². The third-order valence-corrected chi connectivity index (χ3v) is 3.24. The minimum Gasteiger partial charge on any atom is -0.346 e. The summed E-state index contributed by atoms with van der Waals surface area (Å²) < 4.78 is 4.36. The molecule has 0 aliphatic carbocycles. The van der Waals surface area contributed by atoms with Gasteiger partial charge in [0.2, 0.25) is 5.13 Å². The lowest BCUT2D eigenvalue weighted by Crippen LogP contribution is -2.28. The molecule has 0 aromatic carbocycles. The molecule has 1 aromatic rings. The Labute approximate surface area is 101 Å². The standard InChI is InChI=1S/C11H18N4S/c1-8(6-7-12)15(5)10-13-9(14-16-10)11(2,3)4/h8H,6H2,1-5H3. The van der Waals surface area contributed by atoms with Crippen LogP contribution in [0, 0.1) is 11.3 Å². The molecule has 0 saturated heterocycles. The van der Waals surface area contributed by atoms with Gasteiger partial charge in [-0.05, 0) is 6.92 Å². The average Bonchev–Trinajstić information content (AvgIpc) is 2.65. The Kier molecular flexibility index (Phi) is 3.87. The first-order valence-corrected chi connectivity index (χ1v) is 6.07. The molecule has 1 rings (SSSR count). The molecule has 0 bridgehead atoms. The van der Waals surface area contributed by atoms with Gasteiger partial charge < -0.3 is 4.90 Å². The highest BCUT2D eigenvalue weighted by Gasteiger charge is 2.21. The largest absolute Gasteiger partial charge is 0.346 e. The Hall–Kier alpha value is -1.15. The van der Waals surface area contributed by atoms with Crippen LogP contribution in [0.4, 0.5) is 5.13 Å². The van der Waals surface area contributed by atoms with E-state index >= 15 is 0 Å². The van der Waals surface area contributed by atoms with Gasteiger partial charge in [-0.3, -0.25) is 0 Å². The average molecular weight is 238 g/mol. The van der Waals surface area contributed by atoms with Gasteiger partial charge in [0.15, 0.2) is 0 Å². The maximum atomic E-state index is 8.66. The van der Waals surface area contributed by atoms with Gasteiger partial charge >= 0.3 is 0 Å². The molecule has 88 valence electrons. The van der Waals surface area contributed by atoms with E-state index in [0.29, 0.717) is 6.42 Å². The fourth-order valence-electron chi connectivity index (χ4n) is 1.12. The van der Waals surface area contributed by atoms with Gasteiger partial charge in [-0.25, -0.2) is 4.98 Å². The number of aromatic nitrogens is 2. The Morgan fingerprint density at radius 2 is 2.12 bits per heavy atom. The van der Waals surface area contributed by atoms with E-state index < -0.39 is 0 Å². The summed E-state index contributed by atoms with van der Waals surface area (Å²) in [4.78, 5) is 6.52. The highest BCUT2D eigenvalue weighted by molar-refractivity contribution is 7.09. The minimum absolute atomic E-state index is 0.0198. The Morgan fingerprint density at radius 3 is 2.56 bits per heavy atom. The van der Waals surface area contributed by atoms with Crippen molar-refractivity contribution in [2.45, 2.75) is 45.6 Å². The molecule has 0 aliphatic rings. The lowest BCUT2D eigenvalue weighted by Gasteiger charge is -2.21. The summed E-state index contributed by atoms with van der Waals surface area (Å²) in [5, 5.41) is 9.54. The first-order valence-electron chi connectivity index (χ1n) is 5.30. The maximum absolute atomic E-state index is 8.66. The third kappa shape index (κ3) is 2.92. The number of hydrogen-bond donors (Lipinski definition) is 0. The van der Waals surface area contributed by atoms with Crippen molar-refractivity contribution < 1.29 is 0 Å². The van der Waals surface area contributed by atoms with Gasteiger partial charge in [-0.15, -0.1) is 0 Å². The molecule has 0 radical (unpaired) electrons. The topological polar surface area (TPSA) is 52.8 Å². The van der Waals surface area contributed by atoms with Crippen molar-refractivity contribution in [2.75, 3.05) is 11.9 Å². The zero-order valence-corrected chi connectivity index (χ0v) is 11.3. The zero-order valence-electron chi connectivity index (χ0n) is 10.5. The van der Waals surface area contributed by atoms with Crippen molar-refractivity contribution in [1.82, 2.24) is 9.36 Å². The maximum Gasteiger partial charge on any atom is 0.205 e. The predicted octanol–water partition coefficient (Wildman–Crippen LogP) is 2.57. The number of nitrogens with zero attached hydrogens (tertiary/aromatic N) is 4. The molecule has 0 fully saturated rings. The number of rotatable bonds is 3. The molecule has 1 atom stereocenters. The summed E-state index contributed by atoms with van der Waals surface area (Å²) >= 11 is 1.39. The first kappa shape index (κ1) is 12.9. The second-order valence-corrected chi connectivity index (χ2v) is 5.70. The van der Waals surface area contributed by atoms with Gasteiger partial charge in [0.25, 0.3) is 0 Å². The fourth-order valence-corrected chi connectivity index (χ4v) is 2.04. The first-order chi connectivity index (χ1) is 7.36. The molecule has 1 heterocycles. The van der Waals surface area contributed by atoms with Gasteiger partial charge in [0, 0.05) is 30.0 Å². The third-order valence-electron chi connectivity index (χ3n) is 2.44. The van der Waals surface area contributed by atoms with E-state index in [-0.39, 0.29) is 11.5 Å². The molecule has 1 unspecified atom stereocenters. The Bertz CT molecular complexity index is 385. The van der Waals surface area contributed by atoms with Crippen LogP contribution in [0.25, 0.3) is 0 Å². The quantitative estimate of drug-likeness (QED) is 0.812. The van der Waals surface area contributed by atoms with Crippen LogP contribution in [0.2, 0.25) is 0 Å². The van der Waals surface area contributed by atoms with Crippen LogP contribution in [0.5, 0.6) is 0 Å². The van der Waals surface area contributed by atoms with Gasteiger partial charge in [0.1, 0.15) is 5.82 Å². The molecular formula is C11H18N4S. The molecule has 5 heteroatoms. The second-order valence-electron chi connectivity index (χ2n) is 4.97. The summed E-state index contributed by atoms with van der Waals surface area (Å²) in [5.41, 5.74) is -0.0198. The van der Waals surface area contributed by atoms with Crippen molar-refractivity contribution in [3.05, 3.63) is 5.82 Å². The molecular weight excluding hydrogens is 220 g/mol. The highest BCUT2D eigenvalue weighted by atomic mass is 32.1. The van der Waals surface area contributed by atoms with E-state index in [0.717, 1.165) is 11.0 Å². The molecule has 4 nitrogen and oxygen atoms in total. The zero-order chi connectivity index (χ0) is 12.3. The van der Waals surface area contributed by atoms with Crippen LogP contribution >= 0.6 is 11.5 Å². The molecule has 16 heavy (non-hydrogen) atoms. The summed E-state index contributed by atoms with van der Waals surface area (Å²) in [7, 11) is 1.95. The second kappa shape index (κ2) is 4.79. The molecule has 0 saturated carbocycles. The fraction of sp³-hybridized carbons (Fsp3) is 0.727. The van der Waals surface area contributed by atoms with Crippen LogP contribution in [0.1, 0.15) is 39.9 Å². The molecule has 1 aromatic heterocycles. The van der Waals surface area contributed by atoms with E-state index in [2.05, 4.69) is 36.2 Å². The summed E-state index contributed by atoms with van der Waals surface area (Å²) in [6.07, 6.45) is 0.501. The Balaban J connectivity index is 2.83. The molecule has 0 aliphatic heterocycles. The SMILES string of the molecule is CC(CC#N)N(C)c1nc(C(C)(C)C)ns1. The van der Waals surface area contributed by atoms with Crippen LogP contribution in [0.15, 0.2) is 0 Å². The van der Waals surface area contributed by atoms with E-state index in [1.165, 1.54) is 11.5 Å². The van der Waals surface area contributed by atoms with Gasteiger partial charge in [-0.2, -0.15) is 9.64 Å². The highest BCUT2D eigenvalue weighted by Crippen LogP contribution is 2.25. The Morgan fingerprint density at radius 1 is 1.50 bits per heavy atom. The van der Waals surface area contributed by atoms with Crippen LogP contribution in [-0.4, -0.2) is 22.4 Å². The lowest BCUT2D eigenvalue weighted by atomic mass is 9.96. The van der Waals surface area contributed by atoms with Crippen molar-refractivity contribution in [1.29, 1.82) is 5.26 Å². The van der Waals surface area contributed by atoms with Gasteiger partial charge in [-0.1, -0.05) is 20.8 Å². The van der Waals surface area contributed by atoms with Crippen molar-refractivity contribution in [3.8, 4) is 6.07 Å². The molecule has 0 spiro atoms. The molecule has 0 amide bonds. The predicted molar refractivity (Wildman–Crippen MR) is 66.7 cm³/mol. The van der Waals surface area contributed by atoms with E-state index in [1.54, 1.807) is 0 Å². The van der Waals surface area contributed by atoms with Crippen LogP contribution in [0.3, 0.4) is 0 Å². The minimum atomic E-state index is -0.0198.